The highest BCUT2D eigenvalue weighted by atomic mass is 16.5. The van der Waals surface area contributed by atoms with E-state index in [1.165, 1.54) is 13.4 Å². The van der Waals surface area contributed by atoms with Crippen molar-refractivity contribution in [3.8, 4) is 0 Å². The van der Waals surface area contributed by atoms with Gasteiger partial charge in [-0.2, -0.15) is 0 Å². The van der Waals surface area contributed by atoms with Crippen molar-refractivity contribution in [2.45, 2.75) is 6.29 Å². The minimum atomic E-state index is -0.621. The Balaban J connectivity index is 2.40. The minimum Gasteiger partial charge on any atom is -0.480 e. The highest BCUT2D eigenvalue weighted by Crippen LogP contribution is 2.06. The summed E-state index contributed by atoms with van der Waals surface area (Å²) in [5.41, 5.74) is 6.03. The maximum atomic E-state index is 5.47. The molecule has 0 spiro atoms. The summed E-state index contributed by atoms with van der Waals surface area (Å²) in [6, 6.07) is 0. The maximum absolute atomic E-state index is 5.47. The summed E-state index contributed by atoms with van der Waals surface area (Å²) in [7, 11) is 1.51. The zero-order valence-corrected chi connectivity index (χ0v) is 6.43. The molecule has 0 aliphatic carbocycles. The summed E-state index contributed by atoms with van der Waals surface area (Å²) in [6.07, 6.45) is 0.782. The summed E-state index contributed by atoms with van der Waals surface area (Å²) in [5, 5.41) is 0. The van der Waals surface area contributed by atoms with E-state index in [-0.39, 0.29) is 0 Å². The molecule has 1 atom stereocenters. The number of hydrogen-bond acceptors (Lipinski definition) is 6. The van der Waals surface area contributed by atoms with E-state index in [1.54, 1.807) is 0 Å². The molecule has 0 amide bonds. The molecule has 0 saturated carbocycles. The summed E-state index contributed by atoms with van der Waals surface area (Å²) >= 11 is 0. The number of rotatable bonds is 0. The van der Waals surface area contributed by atoms with E-state index in [0.29, 0.717) is 17.4 Å². The lowest BCUT2D eigenvalue weighted by molar-refractivity contribution is 0.405. The Kier molecular flexibility index (Phi) is 1.47. The number of methoxy groups -OCH3 is 1. The molecule has 2 aliphatic heterocycles. The lowest BCUT2D eigenvalue weighted by atomic mass is 10.3. The van der Waals surface area contributed by atoms with Crippen molar-refractivity contribution in [1.82, 2.24) is 0 Å². The molecule has 2 aliphatic rings. The van der Waals surface area contributed by atoms with E-state index >= 15 is 0 Å². The third-order valence-corrected chi connectivity index (χ3v) is 1.48. The van der Waals surface area contributed by atoms with Crippen molar-refractivity contribution in [2.75, 3.05) is 7.11 Å². The van der Waals surface area contributed by atoms with Crippen LogP contribution >= 0.6 is 0 Å². The van der Waals surface area contributed by atoms with Gasteiger partial charge in [-0.15, -0.1) is 0 Å². The predicted molar refractivity (Wildman–Crippen MR) is 45.8 cm³/mol. The fraction of sp³-hybridized carbons (Fsp3) is 0.333. The van der Waals surface area contributed by atoms with E-state index in [0.717, 1.165) is 0 Å². The van der Waals surface area contributed by atoms with Gasteiger partial charge in [0.05, 0.1) is 7.11 Å². The molecule has 1 unspecified atom stereocenters. The minimum absolute atomic E-state index is 0.394. The largest absolute Gasteiger partial charge is 0.480 e. The summed E-state index contributed by atoms with van der Waals surface area (Å²) < 4.78 is 4.95. The summed E-state index contributed by atoms with van der Waals surface area (Å²) in [4.78, 5) is 15.7. The highest BCUT2D eigenvalue weighted by Gasteiger charge is 2.24. The van der Waals surface area contributed by atoms with Gasteiger partial charge in [-0.1, -0.05) is 0 Å². The lowest BCUT2D eigenvalue weighted by Gasteiger charge is -2.12. The fourth-order valence-corrected chi connectivity index (χ4v) is 0.990. The zero-order valence-electron chi connectivity index (χ0n) is 6.43. The molecule has 2 rings (SSSR count). The Morgan fingerprint density at radius 2 is 2.33 bits per heavy atom. The van der Waals surface area contributed by atoms with E-state index in [9.17, 15) is 0 Å². The van der Waals surface area contributed by atoms with Crippen LogP contribution in [-0.4, -0.2) is 37.2 Å². The molecule has 6 heteroatoms. The van der Waals surface area contributed by atoms with E-state index < -0.39 is 6.29 Å². The number of nitrogens with two attached hydrogens (primary N) is 1. The Labute approximate surface area is 68.6 Å². The number of hydrogen-bond donors (Lipinski definition) is 1. The van der Waals surface area contributed by atoms with E-state index in [4.69, 9.17) is 10.5 Å². The maximum Gasteiger partial charge on any atom is 0.242 e. The molecule has 0 fully saturated rings. The first-order valence-electron chi connectivity index (χ1n) is 3.37. The van der Waals surface area contributed by atoms with Gasteiger partial charge >= 0.3 is 0 Å². The van der Waals surface area contributed by atoms with Gasteiger partial charge in [0.1, 0.15) is 6.34 Å². The Morgan fingerprint density at radius 3 is 3.08 bits per heavy atom. The van der Waals surface area contributed by atoms with Gasteiger partial charge in [0.2, 0.25) is 5.90 Å². The van der Waals surface area contributed by atoms with Gasteiger partial charge in [0.25, 0.3) is 0 Å². The Bertz CT molecular complexity index is 327. The Morgan fingerprint density at radius 1 is 1.50 bits per heavy atom. The number of fused-ring (bicyclic) bond motifs is 1. The molecule has 0 bridgehead atoms. The molecule has 2 heterocycles. The lowest BCUT2D eigenvalue weighted by Crippen LogP contribution is -2.33. The van der Waals surface area contributed by atoms with Crippen LogP contribution in [0.1, 0.15) is 0 Å². The number of nitrogens with zero attached hydrogens (tertiary/aromatic N) is 4. The van der Waals surface area contributed by atoms with Gasteiger partial charge in [0, 0.05) is 0 Å². The number of amidine groups is 1. The van der Waals surface area contributed by atoms with Crippen molar-refractivity contribution < 1.29 is 4.74 Å². The standard InChI is InChI=1S/C6H7N5O/c1-12-5-3-4(9-2-8-3)10-6(7)11-5/h2,6H,7H2,1H3. The molecule has 0 aromatic carbocycles. The van der Waals surface area contributed by atoms with Gasteiger partial charge in [-0.05, 0) is 0 Å². The van der Waals surface area contributed by atoms with Gasteiger partial charge in [-0.25, -0.2) is 20.0 Å². The van der Waals surface area contributed by atoms with Crippen LogP contribution in [-0.2, 0) is 4.74 Å². The second kappa shape index (κ2) is 2.49. The zero-order chi connectivity index (χ0) is 8.55. The first-order chi connectivity index (χ1) is 5.81. The molecule has 0 aromatic heterocycles. The van der Waals surface area contributed by atoms with E-state index in [2.05, 4.69) is 20.0 Å². The molecular weight excluding hydrogens is 158 g/mol. The van der Waals surface area contributed by atoms with Crippen molar-refractivity contribution in [3.63, 3.8) is 0 Å². The number of ether oxygens (including phenoxy) is 1. The normalized spacial score (nSPS) is 25.8. The SMILES string of the molecule is COC1=NC(N)N=C2N=CN=C21. The molecule has 0 saturated heterocycles. The second-order valence-corrected chi connectivity index (χ2v) is 2.23. The molecule has 12 heavy (non-hydrogen) atoms. The summed E-state index contributed by atoms with van der Waals surface area (Å²) in [5.74, 6) is 0.888. The van der Waals surface area contributed by atoms with Crippen molar-refractivity contribution in [3.05, 3.63) is 0 Å². The third-order valence-electron chi connectivity index (χ3n) is 1.48. The van der Waals surface area contributed by atoms with Gasteiger partial charge in [0.15, 0.2) is 17.8 Å². The van der Waals surface area contributed by atoms with Crippen LogP contribution in [0.4, 0.5) is 0 Å². The predicted octanol–water partition coefficient (Wildman–Crippen LogP) is -0.831. The molecule has 0 radical (unpaired) electrons. The number of aliphatic imine (C=N–C) groups is 4. The van der Waals surface area contributed by atoms with Crippen molar-refractivity contribution in [1.29, 1.82) is 0 Å². The topological polar surface area (TPSA) is 84.7 Å². The average molecular weight is 165 g/mol. The highest BCUT2D eigenvalue weighted by molar-refractivity contribution is 6.69. The molecule has 62 valence electrons. The first kappa shape index (κ1) is 7.11. The van der Waals surface area contributed by atoms with Crippen LogP contribution in [0.15, 0.2) is 20.0 Å². The van der Waals surface area contributed by atoms with Crippen LogP contribution in [0.3, 0.4) is 0 Å². The average Bonchev–Trinajstić information content (AvgIpc) is 2.50. The molecule has 6 nitrogen and oxygen atoms in total. The molecule has 0 aromatic rings. The second-order valence-electron chi connectivity index (χ2n) is 2.23. The fourth-order valence-electron chi connectivity index (χ4n) is 0.990. The van der Waals surface area contributed by atoms with Crippen molar-refractivity contribution in [2.24, 2.45) is 25.7 Å². The smallest absolute Gasteiger partial charge is 0.242 e. The van der Waals surface area contributed by atoms with Crippen molar-refractivity contribution >= 4 is 23.8 Å². The van der Waals surface area contributed by atoms with Gasteiger partial charge < -0.3 is 4.74 Å². The molecule has 2 N–H and O–H groups in total. The van der Waals surface area contributed by atoms with Gasteiger partial charge in [-0.3, -0.25) is 5.73 Å². The van der Waals surface area contributed by atoms with Crippen LogP contribution in [0.5, 0.6) is 0 Å². The quantitative estimate of drug-likeness (QED) is 0.508. The van der Waals surface area contributed by atoms with Crippen LogP contribution in [0, 0.1) is 0 Å². The summed E-state index contributed by atoms with van der Waals surface area (Å²) in [6.45, 7) is 0. The van der Waals surface area contributed by atoms with Crippen LogP contribution < -0.4 is 5.73 Å². The van der Waals surface area contributed by atoms with Crippen LogP contribution in [0.25, 0.3) is 0 Å². The van der Waals surface area contributed by atoms with Crippen LogP contribution in [0.2, 0.25) is 0 Å². The Hall–Kier alpha value is -1.56. The molecular formula is C6H7N5O. The first-order valence-corrected chi connectivity index (χ1v) is 3.37. The van der Waals surface area contributed by atoms with E-state index in [1.807, 2.05) is 0 Å². The third kappa shape index (κ3) is 0.928. The monoisotopic (exact) mass is 165 g/mol.